The van der Waals surface area contributed by atoms with Gasteiger partial charge in [0, 0.05) is 36.6 Å². The molecule has 3 atom stereocenters. The molecule has 37 heavy (non-hydrogen) atoms. The molecule has 0 saturated carbocycles. The molecule has 3 aromatic rings. The van der Waals surface area contributed by atoms with Crippen LogP contribution in [0, 0.1) is 23.1 Å². The van der Waals surface area contributed by atoms with Crippen LogP contribution in [-0.2, 0) is 15.0 Å². The largest absolute Gasteiger partial charge is 0.351 e. The first-order valence-electron chi connectivity index (χ1n) is 12.3. The Morgan fingerprint density at radius 2 is 2.00 bits per heavy atom. The Hall–Kier alpha value is -4.19. The topological polar surface area (TPSA) is 109 Å². The first kappa shape index (κ1) is 24.5. The molecule has 190 valence electrons. The number of carbonyl (C=O) groups excluding carboxylic acids is 3. The quantitative estimate of drug-likeness (QED) is 0.554. The molecule has 1 fully saturated rings. The number of rotatable bonds is 5. The molecule has 3 heterocycles. The summed E-state index contributed by atoms with van der Waals surface area (Å²) < 4.78 is 13.7. The summed E-state index contributed by atoms with van der Waals surface area (Å²) in [5.41, 5.74) is 1.33. The summed E-state index contributed by atoms with van der Waals surface area (Å²) in [7, 11) is 1.56. The Kier molecular flexibility index (Phi) is 5.98. The third-order valence-corrected chi connectivity index (χ3v) is 7.50. The third-order valence-electron chi connectivity index (χ3n) is 7.50. The summed E-state index contributed by atoms with van der Waals surface area (Å²) in [5, 5.41) is 13.4. The molecule has 2 aliphatic heterocycles. The van der Waals surface area contributed by atoms with Gasteiger partial charge >= 0.3 is 0 Å². The summed E-state index contributed by atoms with van der Waals surface area (Å²) in [6, 6.07) is 13.7. The first-order chi connectivity index (χ1) is 17.6. The maximum atomic E-state index is 14.0. The second kappa shape index (κ2) is 9.04. The SMILES string of the molecule is CC(C)C[C@@H](C(=O)N1C[C@]2(CC1C#N)C(=O)Nc1ccccc12)N(C)C(=O)c1cc2cc(F)ccc2[nH]1. The molecular formula is C28H28FN5O3. The zero-order valence-electron chi connectivity index (χ0n) is 20.9. The van der Waals surface area contributed by atoms with Crippen molar-refractivity contribution < 1.29 is 18.8 Å². The van der Waals surface area contributed by atoms with Crippen molar-refractivity contribution in [2.45, 2.75) is 44.2 Å². The number of likely N-dealkylation sites (N-methyl/N-ethyl adjacent to an activating group) is 1. The van der Waals surface area contributed by atoms with Gasteiger partial charge in [-0.3, -0.25) is 14.4 Å². The minimum atomic E-state index is -1.00. The molecule has 0 aliphatic carbocycles. The zero-order chi connectivity index (χ0) is 26.5. The van der Waals surface area contributed by atoms with Crippen molar-refractivity contribution in [1.82, 2.24) is 14.8 Å². The fourth-order valence-corrected chi connectivity index (χ4v) is 5.60. The van der Waals surface area contributed by atoms with E-state index in [1.807, 2.05) is 38.1 Å². The molecule has 0 radical (unpaired) electrons. The van der Waals surface area contributed by atoms with Crippen LogP contribution in [0.5, 0.6) is 0 Å². The smallest absolute Gasteiger partial charge is 0.270 e. The first-order valence-corrected chi connectivity index (χ1v) is 12.3. The Labute approximate surface area is 214 Å². The second-order valence-corrected chi connectivity index (χ2v) is 10.4. The van der Waals surface area contributed by atoms with Gasteiger partial charge in [-0.2, -0.15) is 5.26 Å². The monoisotopic (exact) mass is 501 g/mol. The molecule has 0 bridgehead atoms. The van der Waals surface area contributed by atoms with Gasteiger partial charge in [-0.15, -0.1) is 0 Å². The maximum Gasteiger partial charge on any atom is 0.270 e. The standard InChI is InChI=1S/C28H28FN5O3/c1-16(2)10-24(33(3)25(35)23-12-17-11-18(29)8-9-21(17)31-23)26(36)34-15-28(13-19(34)14-30)20-6-4-5-7-22(20)32-27(28)37/h4-9,11-12,16,19,24,31H,10,13,15H2,1-3H3,(H,32,37)/t19?,24-,28-/m0/s1. The predicted octanol–water partition coefficient (Wildman–Crippen LogP) is 3.81. The van der Waals surface area contributed by atoms with Crippen LogP contribution in [0.3, 0.4) is 0 Å². The van der Waals surface area contributed by atoms with Crippen LogP contribution >= 0.6 is 0 Å². The number of benzene rings is 2. The number of hydrogen-bond acceptors (Lipinski definition) is 4. The molecule has 2 N–H and O–H groups in total. The number of nitrogens with one attached hydrogen (secondary N) is 2. The molecule has 1 aromatic heterocycles. The number of nitriles is 1. The van der Waals surface area contributed by atoms with Crippen molar-refractivity contribution >= 4 is 34.3 Å². The van der Waals surface area contributed by atoms with Gasteiger partial charge in [0.15, 0.2) is 0 Å². The van der Waals surface area contributed by atoms with Crippen LogP contribution in [0.15, 0.2) is 48.5 Å². The van der Waals surface area contributed by atoms with E-state index in [-0.39, 0.29) is 36.4 Å². The lowest BCUT2D eigenvalue weighted by Crippen LogP contribution is -2.52. The predicted molar refractivity (Wildman–Crippen MR) is 136 cm³/mol. The van der Waals surface area contributed by atoms with E-state index in [2.05, 4.69) is 16.4 Å². The number of hydrogen-bond donors (Lipinski definition) is 2. The summed E-state index contributed by atoms with van der Waals surface area (Å²) >= 11 is 0. The number of aromatic amines is 1. The van der Waals surface area contributed by atoms with Gasteiger partial charge in [-0.1, -0.05) is 32.0 Å². The van der Waals surface area contributed by atoms with E-state index in [0.29, 0.717) is 23.0 Å². The Bertz CT molecular complexity index is 1460. The number of carbonyl (C=O) groups is 3. The number of aromatic nitrogens is 1. The Morgan fingerprint density at radius 3 is 2.73 bits per heavy atom. The van der Waals surface area contributed by atoms with E-state index >= 15 is 0 Å². The van der Waals surface area contributed by atoms with Crippen LogP contribution in [0.4, 0.5) is 10.1 Å². The molecule has 3 amide bonds. The molecule has 1 saturated heterocycles. The van der Waals surface area contributed by atoms with Crippen molar-refractivity contribution in [3.63, 3.8) is 0 Å². The summed E-state index contributed by atoms with van der Waals surface area (Å²) in [5.74, 6) is -1.34. The number of halogens is 1. The van der Waals surface area contributed by atoms with E-state index in [1.165, 1.54) is 21.9 Å². The van der Waals surface area contributed by atoms with Gasteiger partial charge < -0.3 is 20.1 Å². The van der Waals surface area contributed by atoms with Crippen LogP contribution in [0.1, 0.15) is 42.7 Å². The van der Waals surface area contributed by atoms with Crippen molar-refractivity contribution in [2.75, 3.05) is 18.9 Å². The minimum absolute atomic E-state index is 0.0647. The van der Waals surface area contributed by atoms with Crippen molar-refractivity contribution in [1.29, 1.82) is 5.26 Å². The molecule has 2 aliphatic rings. The lowest BCUT2D eigenvalue weighted by Gasteiger charge is -2.33. The van der Waals surface area contributed by atoms with E-state index in [9.17, 15) is 24.0 Å². The number of H-pyrrole nitrogens is 1. The lowest BCUT2D eigenvalue weighted by molar-refractivity contribution is -0.136. The fraction of sp³-hybridized carbons (Fsp3) is 0.357. The number of para-hydroxylation sites is 1. The van der Waals surface area contributed by atoms with Gasteiger partial charge in [-0.25, -0.2) is 4.39 Å². The highest BCUT2D eigenvalue weighted by molar-refractivity contribution is 6.07. The molecule has 9 heteroatoms. The molecule has 8 nitrogen and oxygen atoms in total. The normalized spacial score (nSPS) is 21.2. The van der Waals surface area contributed by atoms with E-state index < -0.39 is 29.2 Å². The number of amides is 3. The Morgan fingerprint density at radius 1 is 1.24 bits per heavy atom. The second-order valence-electron chi connectivity index (χ2n) is 10.4. The van der Waals surface area contributed by atoms with Crippen molar-refractivity contribution in [2.24, 2.45) is 5.92 Å². The fourth-order valence-electron chi connectivity index (χ4n) is 5.60. The highest BCUT2D eigenvalue weighted by Crippen LogP contribution is 2.46. The maximum absolute atomic E-state index is 14.0. The molecule has 1 spiro atoms. The number of fused-ring (bicyclic) bond motifs is 3. The van der Waals surface area contributed by atoms with Gasteiger partial charge in [0.25, 0.3) is 5.91 Å². The lowest BCUT2D eigenvalue weighted by atomic mass is 9.80. The van der Waals surface area contributed by atoms with Crippen LogP contribution in [0.2, 0.25) is 0 Å². The van der Waals surface area contributed by atoms with Gasteiger partial charge in [0.2, 0.25) is 11.8 Å². The summed E-state index contributed by atoms with van der Waals surface area (Å²) in [6.07, 6.45) is 0.568. The highest BCUT2D eigenvalue weighted by Gasteiger charge is 2.56. The van der Waals surface area contributed by atoms with Gasteiger partial charge in [0.1, 0.15) is 23.6 Å². The van der Waals surface area contributed by atoms with E-state index in [0.717, 1.165) is 5.56 Å². The summed E-state index contributed by atoms with van der Waals surface area (Å²) in [4.78, 5) is 46.4. The molecule has 2 aromatic carbocycles. The number of nitrogens with zero attached hydrogens (tertiary/aromatic N) is 3. The van der Waals surface area contributed by atoms with E-state index in [4.69, 9.17) is 0 Å². The number of likely N-dealkylation sites (tertiary alicyclic amines) is 1. The van der Waals surface area contributed by atoms with Crippen LogP contribution < -0.4 is 5.32 Å². The van der Waals surface area contributed by atoms with Gasteiger partial charge in [0.05, 0.1) is 11.5 Å². The van der Waals surface area contributed by atoms with Crippen LogP contribution in [-0.4, -0.2) is 58.2 Å². The molecule has 5 rings (SSSR count). The average Bonchev–Trinajstić information content (AvgIpc) is 3.55. The van der Waals surface area contributed by atoms with Crippen LogP contribution in [0.25, 0.3) is 10.9 Å². The van der Waals surface area contributed by atoms with Crippen molar-refractivity contribution in [3.8, 4) is 6.07 Å². The average molecular weight is 502 g/mol. The highest BCUT2D eigenvalue weighted by atomic mass is 19.1. The minimum Gasteiger partial charge on any atom is -0.351 e. The molecule has 1 unspecified atom stereocenters. The van der Waals surface area contributed by atoms with E-state index in [1.54, 1.807) is 19.2 Å². The Balaban J connectivity index is 1.46. The molecular weight excluding hydrogens is 473 g/mol. The summed E-state index contributed by atoms with van der Waals surface area (Å²) in [6.45, 7) is 3.98. The third kappa shape index (κ3) is 4.02. The van der Waals surface area contributed by atoms with Gasteiger partial charge in [-0.05, 0) is 48.2 Å². The zero-order valence-corrected chi connectivity index (χ0v) is 20.9. The van der Waals surface area contributed by atoms with Crippen molar-refractivity contribution in [3.05, 3.63) is 65.6 Å². The number of anilines is 1.